The van der Waals surface area contributed by atoms with Gasteiger partial charge in [-0.25, -0.2) is 0 Å². The van der Waals surface area contributed by atoms with Gasteiger partial charge in [-0.05, 0) is 5.92 Å². The van der Waals surface area contributed by atoms with E-state index in [0.717, 1.165) is 0 Å². The van der Waals surface area contributed by atoms with Crippen LogP contribution in [0.25, 0.3) is 0 Å². The zero-order valence-electron chi connectivity index (χ0n) is 10.7. The molecule has 0 saturated carbocycles. The van der Waals surface area contributed by atoms with E-state index >= 15 is 0 Å². The second kappa shape index (κ2) is 8.28. The van der Waals surface area contributed by atoms with Crippen LogP contribution in [0.4, 0.5) is 0 Å². The maximum Gasteiger partial charge on any atom is 0.219 e. The van der Waals surface area contributed by atoms with Crippen LogP contribution in [0.5, 0.6) is 0 Å². The van der Waals surface area contributed by atoms with E-state index in [9.17, 15) is 9.59 Å². The summed E-state index contributed by atoms with van der Waals surface area (Å²) in [4.78, 5) is 22.4. The van der Waals surface area contributed by atoms with Crippen LogP contribution in [0.15, 0.2) is 0 Å². The molecular weight excluding hydrogens is 206 g/mol. The molecule has 0 radical (unpaired) electrons. The first-order valence-corrected chi connectivity index (χ1v) is 5.86. The lowest BCUT2D eigenvalue weighted by atomic mass is 9.94. The van der Waals surface area contributed by atoms with Crippen molar-refractivity contribution in [2.45, 2.75) is 34.1 Å². The van der Waals surface area contributed by atoms with E-state index in [4.69, 9.17) is 4.74 Å². The Morgan fingerprint density at radius 3 is 2.38 bits per heavy atom. The Hall–Kier alpha value is -0.900. The van der Waals surface area contributed by atoms with Crippen LogP contribution in [0.2, 0.25) is 0 Å². The van der Waals surface area contributed by atoms with Crippen molar-refractivity contribution in [2.75, 3.05) is 19.8 Å². The Kier molecular flexibility index (Phi) is 7.81. The van der Waals surface area contributed by atoms with E-state index in [-0.39, 0.29) is 24.2 Å². The summed E-state index contributed by atoms with van der Waals surface area (Å²) in [5.74, 6) is 0.503. The molecule has 0 fully saturated rings. The molecule has 0 rings (SSSR count). The number of ketones is 1. The van der Waals surface area contributed by atoms with E-state index in [0.29, 0.717) is 25.5 Å². The maximum absolute atomic E-state index is 11.5. The van der Waals surface area contributed by atoms with Crippen molar-refractivity contribution in [1.29, 1.82) is 0 Å². The molecule has 0 aromatic rings. The lowest BCUT2D eigenvalue weighted by molar-refractivity contribution is -0.128. The number of nitrogens with one attached hydrogen (secondary N) is 1. The van der Waals surface area contributed by atoms with E-state index in [1.54, 1.807) is 6.92 Å². The molecule has 4 heteroatoms. The van der Waals surface area contributed by atoms with Gasteiger partial charge in [-0.2, -0.15) is 0 Å². The fraction of sp³-hybridized carbons (Fsp3) is 0.833. The Balaban J connectivity index is 3.52. The summed E-state index contributed by atoms with van der Waals surface area (Å²) in [6, 6.07) is 0. The fourth-order valence-corrected chi connectivity index (χ4v) is 1.06. The van der Waals surface area contributed by atoms with Crippen molar-refractivity contribution in [2.24, 2.45) is 11.8 Å². The molecule has 94 valence electrons. The lowest BCUT2D eigenvalue weighted by Gasteiger charge is -2.14. The number of hydrogen-bond donors (Lipinski definition) is 1. The van der Waals surface area contributed by atoms with Crippen LogP contribution < -0.4 is 5.32 Å². The molecule has 0 aliphatic heterocycles. The molecule has 1 N–H and O–H groups in total. The number of carbonyl (C=O) groups is 2. The third kappa shape index (κ3) is 6.56. The van der Waals surface area contributed by atoms with Gasteiger partial charge in [-0.3, -0.25) is 9.59 Å². The van der Waals surface area contributed by atoms with Crippen LogP contribution >= 0.6 is 0 Å². The fourth-order valence-electron chi connectivity index (χ4n) is 1.06. The molecule has 0 aromatic heterocycles. The molecule has 0 bridgehead atoms. The number of ether oxygens (including phenoxy) is 1. The number of Topliss-reactive ketones (excluding diaryl/α,β-unsaturated/α-hetero) is 1. The Labute approximate surface area is 97.7 Å². The van der Waals surface area contributed by atoms with Crippen molar-refractivity contribution in [3.05, 3.63) is 0 Å². The largest absolute Gasteiger partial charge is 0.372 e. The van der Waals surface area contributed by atoms with Crippen molar-refractivity contribution in [1.82, 2.24) is 5.32 Å². The summed E-state index contributed by atoms with van der Waals surface area (Å²) in [6.45, 7) is 8.74. The SMILES string of the molecule is CCC(=O)NCCOCC(=O)C(C)C(C)C. The molecule has 1 unspecified atom stereocenters. The van der Waals surface area contributed by atoms with Crippen molar-refractivity contribution >= 4 is 11.7 Å². The van der Waals surface area contributed by atoms with Gasteiger partial charge < -0.3 is 10.1 Å². The Morgan fingerprint density at radius 2 is 1.88 bits per heavy atom. The van der Waals surface area contributed by atoms with E-state index < -0.39 is 0 Å². The highest BCUT2D eigenvalue weighted by Crippen LogP contribution is 2.10. The molecule has 0 aliphatic carbocycles. The number of amides is 1. The van der Waals surface area contributed by atoms with Crippen LogP contribution in [-0.2, 0) is 14.3 Å². The van der Waals surface area contributed by atoms with Crippen LogP contribution in [-0.4, -0.2) is 31.4 Å². The normalized spacial score (nSPS) is 12.6. The van der Waals surface area contributed by atoms with E-state index in [1.807, 2.05) is 20.8 Å². The van der Waals surface area contributed by atoms with Gasteiger partial charge in [-0.1, -0.05) is 27.7 Å². The van der Waals surface area contributed by atoms with Crippen LogP contribution in [0, 0.1) is 11.8 Å². The molecule has 1 atom stereocenters. The molecular formula is C12H23NO3. The summed E-state index contributed by atoms with van der Waals surface area (Å²) in [5, 5.41) is 2.68. The molecule has 0 saturated heterocycles. The first kappa shape index (κ1) is 15.1. The summed E-state index contributed by atoms with van der Waals surface area (Å²) < 4.78 is 5.20. The van der Waals surface area contributed by atoms with Gasteiger partial charge in [0, 0.05) is 18.9 Å². The Morgan fingerprint density at radius 1 is 1.25 bits per heavy atom. The van der Waals surface area contributed by atoms with Crippen molar-refractivity contribution in [3.8, 4) is 0 Å². The monoisotopic (exact) mass is 229 g/mol. The lowest BCUT2D eigenvalue weighted by Crippen LogP contribution is -2.28. The quantitative estimate of drug-likeness (QED) is 0.640. The van der Waals surface area contributed by atoms with Gasteiger partial charge in [0.2, 0.25) is 5.91 Å². The smallest absolute Gasteiger partial charge is 0.219 e. The van der Waals surface area contributed by atoms with E-state index in [1.165, 1.54) is 0 Å². The molecule has 0 spiro atoms. The van der Waals surface area contributed by atoms with Gasteiger partial charge in [0.15, 0.2) is 5.78 Å². The number of rotatable bonds is 8. The minimum absolute atomic E-state index is 0.00507. The average molecular weight is 229 g/mol. The summed E-state index contributed by atoms with van der Waals surface area (Å²) in [6.07, 6.45) is 0.476. The minimum atomic E-state index is 0.00507. The van der Waals surface area contributed by atoms with Crippen molar-refractivity contribution in [3.63, 3.8) is 0 Å². The van der Waals surface area contributed by atoms with Gasteiger partial charge >= 0.3 is 0 Å². The first-order chi connectivity index (χ1) is 7.49. The highest BCUT2D eigenvalue weighted by Gasteiger charge is 2.16. The summed E-state index contributed by atoms with van der Waals surface area (Å²) in [5.41, 5.74) is 0. The molecule has 0 aliphatic rings. The zero-order valence-corrected chi connectivity index (χ0v) is 10.7. The van der Waals surface area contributed by atoms with Gasteiger partial charge in [0.25, 0.3) is 0 Å². The predicted octanol–water partition coefficient (Wildman–Crippen LogP) is 1.39. The second-order valence-corrected chi connectivity index (χ2v) is 4.26. The first-order valence-electron chi connectivity index (χ1n) is 5.86. The summed E-state index contributed by atoms with van der Waals surface area (Å²) in [7, 11) is 0. The molecule has 16 heavy (non-hydrogen) atoms. The Bertz CT molecular complexity index is 226. The standard InChI is InChI=1S/C12H23NO3/c1-5-12(15)13-6-7-16-8-11(14)10(4)9(2)3/h9-10H,5-8H2,1-4H3,(H,13,15). The highest BCUT2D eigenvalue weighted by molar-refractivity contribution is 5.82. The number of hydrogen-bond acceptors (Lipinski definition) is 3. The zero-order chi connectivity index (χ0) is 12.6. The van der Waals surface area contributed by atoms with Gasteiger partial charge in [-0.15, -0.1) is 0 Å². The summed E-state index contributed by atoms with van der Waals surface area (Å²) >= 11 is 0. The molecule has 1 amide bonds. The molecule has 0 heterocycles. The predicted molar refractivity (Wildman–Crippen MR) is 63.1 cm³/mol. The minimum Gasteiger partial charge on any atom is -0.372 e. The third-order valence-corrected chi connectivity index (χ3v) is 2.64. The van der Waals surface area contributed by atoms with Gasteiger partial charge in [0.05, 0.1) is 6.61 Å². The highest BCUT2D eigenvalue weighted by atomic mass is 16.5. The van der Waals surface area contributed by atoms with E-state index in [2.05, 4.69) is 5.32 Å². The third-order valence-electron chi connectivity index (χ3n) is 2.64. The van der Waals surface area contributed by atoms with Crippen molar-refractivity contribution < 1.29 is 14.3 Å². The second-order valence-electron chi connectivity index (χ2n) is 4.26. The molecule has 4 nitrogen and oxygen atoms in total. The number of carbonyl (C=O) groups excluding carboxylic acids is 2. The van der Waals surface area contributed by atoms with Crippen LogP contribution in [0.3, 0.4) is 0 Å². The average Bonchev–Trinajstić information content (AvgIpc) is 2.26. The van der Waals surface area contributed by atoms with Gasteiger partial charge in [0.1, 0.15) is 6.61 Å². The topological polar surface area (TPSA) is 55.4 Å². The van der Waals surface area contributed by atoms with Crippen LogP contribution in [0.1, 0.15) is 34.1 Å². The molecule has 0 aromatic carbocycles. The maximum atomic E-state index is 11.5.